The van der Waals surface area contributed by atoms with Gasteiger partial charge < -0.3 is 9.67 Å². The van der Waals surface area contributed by atoms with E-state index in [0.717, 1.165) is 0 Å². The first kappa shape index (κ1) is 9.86. The third-order valence-electron chi connectivity index (χ3n) is 2.18. The molecule has 1 aromatic carbocycles. The van der Waals surface area contributed by atoms with Crippen molar-refractivity contribution in [3.05, 3.63) is 54.4 Å². The zero-order chi connectivity index (χ0) is 10.7. The standard InChI is InChI=1S/C11H11FN2O/c12-10-3-1-2-9(6-10)11(15)7-14-5-4-13-8-14/h1-6,8,11,15H,7H2. The maximum absolute atomic E-state index is 12.9. The second-order valence-corrected chi connectivity index (χ2v) is 3.33. The van der Waals surface area contributed by atoms with Crippen LogP contribution in [-0.4, -0.2) is 14.7 Å². The number of aromatic nitrogens is 2. The molecule has 1 aromatic heterocycles. The second-order valence-electron chi connectivity index (χ2n) is 3.33. The van der Waals surface area contributed by atoms with Crippen LogP contribution in [0.3, 0.4) is 0 Å². The highest BCUT2D eigenvalue weighted by Crippen LogP contribution is 2.15. The van der Waals surface area contributed by atoms with Gasteiger partial charge in [0.25, 0.3) is 0 Å². The topological polar surface area (TPSA) is 38.0 Å². The summed E-state index contributed by atoms with van der Waals surface area (Å²) in [6.45, 7) is 0.378. The fourth-order valence-electron chi connectivity index (χ4n) is 1.41. The SMILES string of the molecule is OC(Cn1ccnc1)c1cccc(F)c1. The molecule has 1 atom stereocenters. The van der Waals surface area contributed by atoms with Crippen LogP contribution in [0.15, 0.2) is 43.0 Å². The summed E-state index contributed by atoms with van der Waals surface area (Å²) >= 11 is 0. The Kier molecular flexibility index (Phi) is 2.78. The van der Waals surface area contributed by atoms with Gasteiger partial charge in [0.2, 0.25) is 0 Å². The molecule has 0 fully saturated rings. The normalized spacial score (nSPS) is 12.7. The molecular weight excluding hydrogens is 195 g/mol. The Balaban J connectivity index is 2.11. The summed E-state index contributed by atoms with van der Waals surface area (Å²) in [5.41, 5.74) is 0.573. The Hall–Kier alpha value is -1.68. The van der Waals surface area contributed by atoms with Gasteiger partial charge in [-0.15, -0.1) is 0 Å². The fourth-order valence-corrected chi connectivity index (χ4v) is 1.41. The van der Waals surface area contributed by atoms with Gasteiger partial charge in [-0.3, -0.25) is 0 Å². The van der Waals surface area contributed by atoms with Crippen molar-refractivity contribution in [2.24, 2.45) is 0 Å². The fraction of sp³-hybridized carbons (Fsp3) is 0.182. The van der Waals surface area contributed by atoms with Crippen molar-refractivity contribution in [1.29, 1.82) is 0 Å². The molecule has 1 N–H and O–H groups in total. The minimum Gasteiger partial charge on any atom is -0.387 e. The largest absolute Gasteiger partial charge is 0.387 e. The molecule has 3 nitrogen and oxygen atoms in total. The van der Waals surface area contributed by atoms with Crippen LogP contribution in [0.1, 0.15) is 11.7 Å². The molecule has 0 saturated heterocycles. The number of imidazole rings is 1. The number of nitrogens with zero attached hydrogens (tertiary/aromatic N) is 2. The molecule has 0 saturated carbocycles. The number of halogens is 1. The Bertz CT molecular complexity index is 428. The van der Waals surface area contributed by atoms with Gasteiger partial charge in [-0.1, -0.05) is 12.1 Å². The zero-order valence-electron chi connectivity index (χ0n) is 8.05. The molecule has 1 unspecified atom stereocenters. The van der Waals surface area contributed by atoms with Gasteiger partial charge in [0.1, 0.15) is 5.82 Å². The smallest absolute Gasteiger partial charge is 0.123 e. The third-order valence-corrected chi connectivity index (χ3v) is 2.18. The third kappa shape index (κ3) is 2.41. The molecule has 0 bridgehead atoms. The van der Waals surface area contributed by atoms with Crippen LogP contribution in [-0.2, 0) is 6.54 Å². The Morgan fingerprint density at radius 2 is 2.33 bits per heavy atom. The van der Waals surface area contributed by atoms with E-state index >= 15 is 0 Å². The summed E-state index contributed by atoms with van der Waals surface area (Å²) in [5, 5.41) is 9.80. The highest BCUT2D eigenvalue weighted by molar-refractivity contribution is 5.18. The molecule has 0 aliphatic heterocycles. The first-order chi connectivity index (χ1) is 7.25. The molecule has 0 spiro atoms. The lowest BCUT2D eigenvalue weighted by atomic mass is 10.1. The number of benzene rings is 1. The number of hydrogen-bond acceptors (Lipinski definition) is 2. The molecule has 0 radical (unpaired) electrons. The quantitative estimate of drug-likeness (QED) is 0.830. The summed E-state index contributed by atoms with van der Waals surface area (Å²) in [6.07, 6.45) is 4.29. The van der Waals surface area contributed by atoms with Crippen LogP contribution in [0, 0.1) is 5.82 Å². The van der Waals surface area contributed by atoms with Crippen LogP contribution < -0.4 is 0 Å². The van der Waals surface area contributed by atoms with E-state index in [1.807, 2.05) is 0 Å². The zero-order valence-corrected chi connectivity index (χ0v) is 8.05. The first-order valence-electron chi connectivity index (χ1n) is 4.65. The Morgan fingerprint density at radius 1 is 1.47 bits per heavy atom. The summed E-state index contributed by atoms with van der Waals surface area (Å²) < 4.78 is 14.6. The van der Waals surface area contributed by atoms with Crippen molar-refractivity contribution < 1.29 is 9.50 Å². The van der Waals surface area contributed by atoms with E-state index in [1.54, 1.807) is 35.4 Å². The van der Waals surface area contributed by atoms with Crippen LogP contribution >= 0.6 is 0 Å². The number of rotatable bonds is 3. The van der Waals surface area contributed by atoms with E-state index in [1.165, 1.54) is 12.1 Å². The highest BCUT2D eigenvalue weighted by Gasteiger charge is 2.08. The van der Waals surface area contributed by atoms with Crippen LogP contribution in [0.5, 0.6) is 0 Å². The lowest BCUT2D eigenvalue weighted by Gasteiger charge is -2.11. The van der Waals surface area contributed by atoms with Gasteiger partial charge in [0, 0.05) is 12.4 Å². The first-order valence-corrected chi connectivity index (χ1v) is 4.65. The van der Waals surface area contributed by atoms with E-state index in [0.29, 0.717) is 12.1 Å². The highest BCUT2D eigenvalue weighted by atomic mass is 19.1. The Labute approximate surface area is 86.8 Å². The van der Waals surface area contributed by atoms with E-state index in [9.17, 15) is 9.50 Å². The summed E-state index contributed by atoms with van der Waals surface area (Å²) in [7, 11) is 0. The predicted octanol–water partition coefficient (Wildman–Crippen LogP) is 1.76. The molecule has 2 aromatic rings. The predicted molar refractivity (Wildman–Crippen MR) is 53.6 cm³/mol. The number of hydrogen-bond donors (Lipinski definition) is 1. The molecule has 0 aliphatic rings. The van der Waals surface area contributed by atoms with Crippen LogP contribution in [0.4, 0.5) is 4.39 Å². The van der Waals surface area contributed by atoms with E-state index in [-0.39, 0.29) is 5.82 Å². The number of aliphatic hydroxyl groups is 1. The van der Waals surface area contributed by atoms with Gasteiger partial charge in [0.15, 0.2) is 0 Å². The average molecular weight is 206 g/mol. The van der Waals surface area contributed by atoms with Crippen molar-refractivity contribution >= 4 is 0 Å². The molecule has 15 heavy (non-hydrogen) atoms. The van der Waals surface area contributed by atoms with Crippen molar-refractivity contribution in [2.75, 3.05) is 0 Å². The second kappa shape index (κ2) is 4.23. The summed E-state index contributed by atoms with van der Waals surface area (Å²) in [6, 6.07) is 5.97. The molecule has 2 rings (SSSR count). The maximum atomic E-state index is 12.9. The van der Waals surface area contributed by atoms with Gasteiger partial charge >= 0.3 is 0 Å². The minimum atomic E-state index is -0.713. The van der Waals surface area contributed by atoms with Crippen molar-refractivity contribution in [1.82, 2.24) is 9.55 Å². The van der Waals surface area contributed by atoms with Crippen molar-refractivity contribution in [2.45, 2.75) is 12.6 Å². The summed E-state index contributed by atoms with van der Waals surface area (Å²) in [4.78, 5) is 3.86. The average Bonchev–Trinajstić information content (AvgIpc) is 2.70. The molecule has 0 amide bonds. The van der Waals surface area contributed by atoms with Gasteiger partial charge in [-0.2, -0.15) is 0 Å². The van der Waals surface area contributed by atoms with Gasteiger partial charge in [-0.25, -0.2) is 9.37 Å². The maximum Gasteiger partial charge on any atom is 0.123 e. The van der Waals surface area contributed by atoms with Crippen LogP contribution in [0.2, 0.25) is 0 Å². The molecule has 4 heteroatoms. The van der Waals surface area contributed by atoms with E-state index in [4.69, 9.17) is 0 Å². The monoisotopic (exact) mass is 206 g/mol. The molecule has 1 heterocycles. The minimum absolute atomic E-state index is 0.336. The van der Waals surface area contributed by atoms with Crippen molar-refractivity contribution in [3.63, 3.8) is 0 Å². The number of aliphatic hydroxyl groups excluding tert-OH is 1. The van der Waals surface area contributed by atoms with Crippen LogP contribution in [0.25, 0.3) is 0 Å². The van der Waals surface area contributed by atoms with E-state index < -0.39 is 6.10 Å². The van der Waals surface area contributed by atoms with E-state index in [2.05, 4.69) is 4.98 Å². The molecule has 78 valence electrons. The summed E-state index contributed by atoms with van der Waals surface area (Å²) in [5.74, 6) is -0.336. The van der Waals surface area contributed by atoms with Crippen molar-refractivity contribution in [3.8, 4) is 0 Å². The molecular formula is C11H11FN2O. The van der Waals surface area contributed by atoms with Gasteiger partial charge in [-0.05, 0) is 17.7 Å². The lowest BCUT2D eigenvalue weighted by molar-refractivity contribution is 0.156. The molecule has 0 aliphatic carbocycles. The van der Waals surface area contributed by atoms with Gasteiger partial charge in [0.05, 0.1) is 19.0 Å². The Morgan fingerprint density at radius 3 is 3.00 bits per heavy atom. The lowest BCUT2D eigenvalue weighted by Crippen LogP contribution is -2.07.